The number of rotatable bonds is 5. The summed E-state index contributed by atoms with van der Waals surface area (Å²) in [4.78, 5) is 11.0. The summed E-state index contributed by atoms with van der Waals surface area (Å²) in [5, 5.41) is 2.92. The van der Waals surface area contributed by atoms with Crippen molar-refractivity contribution in [1.82, 2.24) is 5.32 Å². The fourth-order valence-corrected chi connectivity index (χ4v) is 3.11. The fourth-order valence-electron chi connectivity index (χ4n) is 3.11. The van der Waals surface area contributed by atoms with Crippen LogP contribution in [0, 0.1) is 0 Å². The Morgan fingerprint density at radius 1 is 1.42 bits per heavy atom. The fraction of sp³-hybridized carbons (Fsp3) is 0.588. The van der Waals surface area contributed by atoms with Crippen molar-refractivity contribution in [2.75, 3.05) is 6.54 Å². The highest BCUT2D eigenvalue weighted by atomic mass is 16.1. The van der Waals surface area contributed by atoms with Crippen LogP contribution >= 0.6 is 0 Å². The van der Waals surface area contributed by atoms with Gasteiger partial charge in [-0.1, -0.05) is 31.5 Å². The van der Waals surface area contributed by atoms with Gasteiger partial charge in [-0.15, -0.1) is 0 Å². The number of carbonyl (C=O) groups is 1. The van der Waals surface area contributed by atoms with Gasteiger partial charge in [-0.05, 0) is 54.7 Å². The Bertz CT molecular complexity index is 439. The van der Waals surface area contributed by atoms with E-state index in [-0.39, 0.29) is 5.91 Å². The molecule has 1 aliphatic carbocycles. The van der Waals surface area contributed by atoms with Crippen LogP contribution in [-0.2, 0) is 17.6 Å². The lowest BCUT2D eigenvalue weighted by atomic mass is 9.80. The standard InChI is InChI=1S/C17H25NO/c1-3-5-14-8-9-15-6-4-7-16(17(15)12-14)10-11-18-13(2)19/h8-9,12,16H,3-7,10-11H2,1-2H3,(H,18,19). The van der Waals surface area contributed by atoms with Crippen molar-refractivity contribution >= 4 is 5.91 Å². The van der Waals surface area contributed by atoms with Gasteiger partial charge in [-0.25, -0.2) is 0 Å². The Kier molecular flexibility index (Phi) is 5.00. The number of fused-ring (bicyclic) bond motifs is 1. The molecular formula is C17H25NO. The number of hydrogen-bond acceptors (Lipinski definition) is 1. The molecule has 1 aromatic carbocycles. The van der Waals surface area contributed by atoms with Gasteiger partial charge in [0.25, 0.3) is 0 Å². The molecule has 0 aromatic heterocycles. The molecule has 19 heavy (non-hydrogen) atoms. The third kappa shape index (κ3) is 3.82. The van der Waals surface area contributed by atoms with Crippen LogP contribution in [0.1, 0.15) is 62.1 Å². The largest absolute Gasteiger partial charge is 0.356 e. The molecule has 0 heterocycles. The van der Waals surface area contributed by atoms with Crippen LogP contribution in [0.2, 0.25) is 0 Å². The highest BCUT2D eigenvalue weighted by Crippen LogP contribution is 2.34. The van der Waals surface area contributed by atoms with E-state index in [2.05, 4.69) is 30.4 Å². The maximum absolute atomic E-state index is 11.0. The molecule has 0 fully saturated rings. The van der Waals surface area contributed by atoms with Gasteiger partial charge in [0, 0.05) is 13.5 Å². The summed E-state index contributed by atoms with van der Waals surface area (Å²) in [7, 11) is 0. The maximum Gasteiger partial charge on any atom is 0.216 e. The Labute approximate surface area is 116 Å². The first kappa shape index (κ1) is 14.1. The molecule has 0 saturated carbocycles. The third-order valence-electron chi connectivity index (χ3n) is 4.05. The summed E-state index contributed by atoms with van der Waals surface area (Å²) in [6.07, 6.45) is 7.22. The molecular weight excluding hydrogens is 234 g/mol. The second-order valence-electron chi connectivity index (χ2n) is 5.64. The van der Waals surface area contributed by atoms with Gasteiger partial charge in [0.05, 0.1) is 0 Å². The zero-order chi connectivity index (χ0) is 13.7. The van der Waals surface area contributed by atoms with Crippen LogP contribution in [0.15, 0.2) is 18.2 Å². The van der Waals surface area contributed by atoms with Gasteiger partial charge in [0.15, 0.2) is 0 Å². The van der Waals surface area contributed by atoms with Gasteiger partial charge < -0.3 is 5.32 Å². The number of amides is 1. The number of benzene rings is 1. The lowest BCUT2D eigenvalue weighted by Crippen LogP contribution is -2.23. The minimum atomic E-state index is 0.0794. The van der Waals surface area contributed by atoms with E-state index < -0.39 is 0 Å². The van der Waals surface area contributed by atoms with E-state index in [1.165, 1.54) is 43.2 Å². The molecule has 0 radical (unpaired) electrons. The van der Waals surface area contributed by atoms with Crippen molar-refractivity contribution in [2.45, 2.75) is 58.3 Å². The van der Waals surface area contributed by atoms with E-state index in [0.29, 0.717) is 5.92 Å². The molecule has 1 atom stereocenters. The lowest BCUT2D eigenvalue weighted by Gasteiger charge is -2.26. The van der Waals surface area contributed by atoms with Crippen molar-refractivity contribution in [1.29, 1.82) is 0 Å². The monoisotopic (exact) mass is 259 g/mol. The van der Waals surface area contributed by atoms with Gasteiger partial charge in [0.1, 0.15) is 0 Å². The second-order valence-corrected chi connectivity index (χ2v) is 5.64. The summed E-state index contributed by atoms with van der Waals surface area (Å²) in [5.41, 5.74) is 4.54. The van der Waals surface area contributed by atoms with E-state index in [1.54, 1.807) is 12.5 Å². The Balaban J connectivity index is 2.07. The summed E-state index contributed by atoms with van der Waals surface area (Å²) in [6, 6.07) is 7.03. The minimum absolute atomic E-state index is 0.0794. The first-order valence-electron chi connectivity index (χ1n) is 7.57. The van der Waals surface area contributed by atoms with Crippen LogP contribution in [0.3, 0.4) is 0 Å². The number of carbonyl (C=O) groups excluding carboxylic acids is 1. The van der Waals surface area contributed by atoms with E-state index >= 15 is 0 Å². The third-order valence-corrected chi connectivity index (χ3v) is 4.05. The normalized spacial score (nSPS) is 17.9. The lowest BCUT2D eigenvalue weighted by molar-refractivity contribution is -0.118. The molecule has 1 N–H and O–H groups in total. The Morgan fingerprint density at radius 2 is 2.26 bits per heavy atom. The smallest absolute Gasteiger partial charge is 0.216 e. The molecule has 0 aliphatic heterocycles. The Morgan fingerprint density at radius 3 is 3.00 bits per heavy atom. The van der Waals surface area contributed by atoms with Gasteiger partial charge in [0.2, 0.25) is 5.91 Å². The minimum Gasteiger partial charge on any atom is -0.356 e. The van der Waals surface area contributed by atoms with Gasteiger partial charge in [-0.3, -0.25) is 4.79 Å². The topological polar surface area (TPSA) is 29.1 Å². The summed E-state index contributed by atoms with van der Waals surface area (Å²) >= 11 is 0. The van der Waals surface area contributed by atoms with Crippen LogP contribution in [-0.4, -0.2) is 12.5 Å². The molecule has 2 heteroatoms. The molecule has 0 bridgehead atoms. The zero-order valence-corrected chi connectivity index (χ0v) is 12.2. The summed E-state index contributed by atoms with van der Waals surface area (Å²) in [5.74, 6) is 0.711. The van der Waals surface area contributed by atoms with E-state index in [4.69, 9.17) is 0 Å². The van der Waals surface area contributed by atoms with Gasteiger partial charge in [-0.2, -0.15) is 0 Å². The highest BCUT2D eigenvalue weighted by molar-refractivity contribution is 5.72. The van der Waals surface area contributed by atoms with Crippen LogP contribution in [0.4, 0.5) is 0 Å². The van der Waals surface area contributed by atoms with Crippen LogP contribution in [0.25, 0.3) is 0 Å². The SMILES string of the molecule is CCCc1ccc2c(c1)C(CCNC(C)=O)CCC2. The molecule has 1 aliphatic rings. The summed E-state index contributed by atoms with van der Waals surface area (Å²) < 4.78 is 0. The average molecular weight is 259 g/mol. The predicted octanol–water partition coefficient (Wildman–Crippen LogP) is 3.59. The van der Waals surface area contributed by atoms with Crippen molar-refractivity contribution in [3.05, 3.63) is 34.9 Å². The number of hydrogen-bond donors (Lipinski definition) is 1. The first-order chi connectivity index (χ1) is 9.20. The van der Waals surface area contributed by atoms with E-state index in [9.17, 15) is 4.79 Å². The molecule has 2 nitrogen and oxygen atoms in total. The maximum atomic E-state index is 11.0. The second kappa shape index (κ2) is 6.74. The summed E-state index contributed by atoms with van der Waals surface area (Å²) in [6.45, 7) is 4.62. The molecule has 1 aromatic rings. The highest BCUT2D eigenvalue weighted by Gasteiger charge is 2.20. The molecule has 2 rings (SSSR count). The Hall–Kier alpha value is -1.31. The van der Waals surface area contributed by atoms with E-state index in [1.807, 2.05) is 0 Å². The van der Waals surface area contributed by atoms with Crippen molar-refractivity contribution < 1.29 is 4.79 Å². The van der Waals surface area contributed by atoms with Gasteiger partial charge >= 0.3 is 0 Å². The molecule has 1 amide bonds. The quantitative estimate of drug-likeness (QED) is 0.860. The van der Waals surface area contributed by atoms with Crippen molar-refractivity contribution in [2.24, 2.45) is 0 Å². The molecule has 0 spiro atoms. The van der Waals surface area contributed by atoms with Crippen LogP contribution < -0.4 is 5.32 Å². The van der Waals surface area contributed by atoms with Crippen LogP contribution in [0.5, 0.6) is 0 Å². The van der Waals surface area contributed by atoms with Crippen molar-refractivity contribution in [3.63, 3.8) is 0 Å². The number of nitrogens with one attached hydrogen (secondary N) is 1. The predicted molar refractivity (Wildman–Crippen MR) is 79.4 cm³/mol. The molecule has 1 unspecified atom stereocenters. The first-order valence-corrected chi connectivity index (χ1v) is 7.57. The average Bonchev–Trinajstić information content (AvgIpc) is 2.39. The zero-order valence-electron chi connectivity index (χ0n) is 12.2. The molecule has 0 saturated heterocycles. The molecule has 104 valence electrons. The number of aryl methyl sites for hydroxylation is 2. The van der Waals surface area contributed by atoms with E-state index in [0.717, 1.165) is 13.0 Å². The van der Waals surface area contributed by atoms with Crippen molar-refractivity contribution in [3.8, 4) is 0 Å².